The SMILES string of the molecule is C[C@@H]1c2c(C(F)F)nn(CC(=O)N[C@@H](Cc3cc(F)cc(F)c3)c3nc(C#CC(C)(C)O)ccc3-c3cccc4c(NCC(F)F)nn(C)c34)c2C(F)(F)[C@@H]1C. The maximum absolute atomic E-state index is 15.6. The molecule has 1 aliphatic carbocycles. The monoisotopic (exact) mass is 787 g/mol. The summed E-state index contributed by atoms with van der Waals surface area (Å²) in [6, 6.07) is 9.49. The van der Waals surface area contributed by atoms with Gasteiger partial charge in [-0.05, 0) is 68.0 Å². The van der Waals surface area contributed by atoms with Gasteiger partial charge in [-0.25, -0.2) is 31.3 Å². The van der Waals surface area contributed by atoms with E-state index in [9.17, 15) is 36.2 Å². The Balaban J connectivity index is 1.51. The number of alkyl halides is 6. The minimum absolute atomic E-state index is 0.0555. The molecule has 0 bridgehead atoms. The van der Waals surface area contributed by atoms with Gasteiger partial charge in [0.2, 0.25) is 5.91 Å². The van der Waals surface area contributed by atoms with Crippen molar-refractivity contribution in [3.63, 3.8) is 0 Å². The van der Waals surface area contributed by atoms with Gasteiger partial charge in [0.15, 0.2) is 5.82 Å². The number of anilines is 1. The minimum Gasteiger partial charge on any atom is -0.378 e. The second-order valence-corrected chi connectivity index (χ2v) is 14.3. The Morgan fingerprint density at radius 3 is 2.34 bits per heavy atom. The molecule has 0 fully saturated rings. The third-order valence-electron chi connectivity index (χ3n) is 9.64. The highest BCUT2D eigenvalue weighted by Gasteiger charge is 2.55. The number of hydrogen-bond acceptors (Lipinski definition) is 6. The average Bonchev–Trinajstić information content (AvgIpc) is 3.71. The molecule has 0 radical (unpaired) electrons. The Hall–Kier alpha value is -5.50. The summed E-state index contributed by atoms with van der Waals surface area (Å²) in [7, 11) is 1.58. The first kappa shape index (κ1) is 40.2. The van der Waals surface area contributed by atoms with Crippen LogP contribution in [0.15, 0.2) is 48.5 Å². The fraction of sp³-hybridized carbons (Fsp3) is 0.385. The van der Waals surface area contributed by atoms with Crippen molar-refractivity contribution < 1.29 is 45.0 Å². The number of aromatic nitrogens is 5. The van der Waals surface area contributed by atoms with Gasteiger partial charge in [0.05, 0.1) is 23.8 Å². The van der Waals surface area contributed by atoms with Crippen molar-refractivity contribution in [3.05, 3.63) is 94.1 Å². The van der Waals surface area contributed by atoms with E-state index in [1.807, 2.05) is 0 Å². The molecule has 3 N–H and O–H groups in total. The number of para-hydroxylation sites is 1. The summed E-state index contributed by atoms with van der Waals surface area (Å²) in [4.78, 5) is 18.6. The molecule has 3 heterocycles. The summed E-state index contributed by atoms with van der Waals surface area (Å²) in [6.07, 6.45) is -6.20. The van der Waals surface area contributed by atoms with E-state index in [1.54, 1.807) is 31.3 Å². The summed E-state index contributed by atoms with van der Waals surface area (Å²) >= 11 is 0. The number of nitrogens with zero attached hydrogens (tertiary/aromatic N) is 5. The van der Waals surface area contributed by atoms with Crippen LogP contribution in [0.25, 0.3) is 22.0 Å². The molecule has 1 amide bonds. The van der Waals surface area contributed by atoms with Gasteiger partial charge >= 0.3 is 0 Å². The van der Waals surface area contributed by atoms with Crippen molar-refractivity contribution in [1.29, 1.82) is 0 Å². The van der Waals surface area contributed by atoms with Gasteiger partial charge in [0, 0.05) is 41.1 Å². The molecule has 2 aromatic carbocycles. The number of aryl methyl sites for hydroxylation is 1. The number of fused-ring (bicyclic) bond motifs is 2. The summed E-state index contributed by atoms with van der Waals surface area (Å²) in [6.45, 7) is 3.88. The molecule has 3 aromatic heterocycles. The number of halogens is 8. The lowest BCUT2D eigenvalue weighted by Gasteiger charge is -2.23. The van der Waals surface area contributed by atoms with Crippen LogP contribution in [0.2, 0.25) is 0 Å². The molecule has 296 valence electrons. The van der Waals surface area contributed by atoms with Crippen molar-refractivity contribution in [2.45, 2.75) is 77.0 Å². The molecule has 9 nitrogen and oxygen atoms in total. The second kappa shape index (κ2) is 15.2. The van der Waals surface area contributed by atoms with Crippen LogP contribution in [0.1, 0.15) is 80.0 Å². The van der Waals surface area contributed by atoms with E-state index in [4.69, 9.17) is 4.98 Å². The third kappa shape index (κ3) is 8.06. The molecule has 6 rings (SSSR count). The van der Waals surface area contributed by atoms with Crippen molar-refractivity contribution in [3.8, 4) is 23.0 Å². The van der Waals surface area contributed by atoms with Crippen LogP contribution >= 0.6 is 0 Å². The molecule has 1 aliphatic rings. The molecule has 0 saturated heterocycles. The standard InChI is InChI=1S/C39H37F8N7O2/c1-19-20(2)39(46,47)35-31(19)33(36(44)45)51-54(35)18-30(55)50-28(15-21-13-22(40)16-23(41)14-21)32-25(10-9-24(49-32)11-12-38(3,4)56)26-7-6-8-27-34(26)53(5)52-37(27)48-17-29(42)43/h6-10,13-14,16,19-20,28-29,36,56H,15,17-18H2,1-5H3,(H,48,52)(H,50,55)/t19-,20+,28-/m0/s1. The van der Waals surface area contributed by atoms with Gasteiger partial charge in [0.1, 0.15) is 40.9 Å². The molecule has 5 aromatic rings. The van der Waals surface area contributed by atoms with Gasteiger partial charge in [-0.3, -0.25) is 14.2 Å². The number of benzene rings is 2. The maximum Gasteiger partial charge on any atom is 0.292 e. The first-order chi connectivity index (χ1) is 26.2. The van der Waals surface area contributed by atoms with Crippen LogP contribution < -0.4 is 10.6 Å². The molecule has 0 spiro atoms. The van der Waals surface area contributed by atoms with Crippen LogP contribution in [0, 0.1) is 29.4 Å². The highest BCUT2D eigenvalue weighted by atomic mass is 19.3. The fourth-order valence-electron chi connectivity index (χ4n) is 7.02. The smallest absolute Gasteiger partial charge is 0.292 e. The lowest BCUT2D eigenvalue weighted by Crippen LogP contribution is -2.35. The quantitative estimate of drug-likeness (QED) is 0.0932. The first-order valence-corrected chi connectivity index (χ1v) is 17.5. The Labute approximate surface area is 316 Å². The van der Waals surface area contributed by atoms with Gasteiger partial charge in [-0.1, -0.05) is 31.9 Å². The van der Waals surface area contributed by atoms with E-state index in [1.165, 1.54) is 38.4 Å². The van der Waals surface area contributed by atoms with Crippen LogP contribution in [-0.4, -0.2) is 54.1 Å². The summed E-state index contributed by atoms with van der Waals surface area (Å²) in [5.74, 6) is -3.21. The Bertz CT molecular complexity index is 2340. The molecular formula is C39H37F8N7O2. The molecule has 56 heavy (non-hydrogen) atoms. The van der Waals surface area contributed by atoms with Crippen LogP contribution in [-0.2, 0) is 30.7 Å². The van der Waals surface area contributed by atoms with Gasteiger partial charge < -0.3 is 15.7 Å². The zero-order chi connectivity index (χ0) is 40.9. The average molecular weight is 788 g/mol. The number of amides is 1. The lowest BCUT2D eigenvalue weighted by atomic mass is 9.93. The summed E-state index contributed by atoms with van der Waals surface area (Å²) in [5, 5.41) is 24.2. The van der Waals surface area contributed by atoms with Crippen molar-refractivity contribution in [2.24, 2.45) is 13.0 Å². The van der Waals surface area contributed by atoms with Gasteiger partial charge in [-0.15, -0.1) is 0 Å². The molecule has 0 unspecified atom stereocenters. The van der Waals surface area contributed by atoms with Crippen molar-refractivity contribution in [1.82, 2.24) is 29.9 Å². The summed E-state index contributed by atoms with van der Waals surface area (Å²) < 4.78 is 117. The van der Waals surface area contributed by atoms with Crippen molar-refractivity contribution >= 4 is 22.6 Å². The predicted octanol–water partition coefficient (Wildman–Crippen LogP) is 7.79. The highest BCUT2D eigenvalue weighted by molar-refractivity contribution is 6.00. The number of nitrogens with one attached hydrogen (secondary N) is 2. The molecule has 17 heteroatoms. The van der Waals surface area contributed by atoms with Crippen LogP contribution in [0.4, 0.5) is 40.9 Å². The Morgan fingerprint density at radius 1 is 1.00 bits per heavy atom. The number of aliphatic hydroxyl groups is 1. The number of hydrogen-bond donors (Lipinski definition) is 3. The molecule has 3 atom stereocenters. The lowest BCUT2D eigenvalue weighted by molar-refractivity contribution is -0.123. The number of pyridine rings is 1. The topological polar surface area (TPSA) is 110 Å². The second-order valence-electron chi connectivity index (χ2n) is 14.3. The van der Waals surface area contributed by atoms with Crippen LogP contribution in [0.5, 0.6) is 0 Å². The Kier molecular flexibility index (Phi) is 10.9. The van der Waals surface area contributed by atoms with E-state index in [0.717, 1.165) is 12.1 Å². The van der Waals surface area contributed by atoms with E-state index in [-0.39, 0.29) is 34.8 Å². The van der Waals surface area contributed by atoms with E-state index < -0.39 is 84.3 Å². The third-order valence-corrected chi connectivity index (χ3v) is 9.64. The van der Waals surface area contributed by atoms with Crippen LogP contribution in [0.3, 0.4) is 0 Å². The fourth-order valence-corrected chi connectivity index (χ4v) is 7.02. The summed E-state index contributed by atoms with van der Waals surface area (Å²) in [5.41, 5.74) is -2.01. The number of carbonyl (C=O) groups excluding carboxylic acids is 1. The number of carbonyl (C=O) groups is 1. The van der Waals surface area contributed by atoms with Gasteiger partial charge in [-0.2, -0.15) is 19.0 Å². The predicted molar refractivity (Wildman–Crippen MR) is 191 cm³/mol. The maximum atomic E-state index is 15.6. The Morgan fingerprint density at radius 2 is 1.70 bits per heavy atom. The minimum atomic E-state index is -3.60. The van der Waals surface area contributed by atoms with E-state index >= 15 is 8.78 Å². The van der Waals surface area contributed by atoms with Gasteiger partial charge in [0.25, 0.3) is 18.8 Å². The van der Waals surface area contributed by atoms with E-state index in [2.05, 4.69) is 32.7 Å². The van der Waals surface area contributed by atoms with E-state index in [0.29, 0.717) is 32.8 Å². The zero-order valence-corrected chi connectivity index (χ0v) is 30.7. The largest absolute Gasteiger partial charge is 0.378 e. The normalized spacial score (nSPS) is 16.9. The number of rotatable bonds is 11. The van der Waals surface area contributed by atoms with Crippen molar-refractivity contribution in [2.75, 3.05) is 11.9 Å². The molecule has 0 aliphatic heterocycles. The first-order valence-electron chi connectivity index (χ1n) is 17.5. The zero-order valence-electron chi connectivity index (χ0n) is 30.7. The molecule has 0 saturated carbocycles. The highest BCUT2D eigenvalue weighted by Crippen LogP contribution is 2.54. The molecular weight excluding hydrogens is 750 g/mol.